The Kier molecular flexibility index (Phi) is 4.99. The predicted molar refractivity (Wildman–Crippen MR) is 79.3 cm³/mol. The first-order valence-electron chi connectivity index (χ1n) is 6.76. The first kappa shape index (κ1) is 13.6. The fraction of sp³-hybridized carbons (Fsp3) is 0.294. The summed E-state index contributed by atoms with van der Waals surface area (Å²) in [7, 11) is 0. The standard InChI is InChI=1S/C17H21NO/c1-14(11-12-18)16-7-9-17(10-8-16)19-13-15-5-3-2-4-6-15/h2-10,14H,11-13,18H2,1H3. The lowest BCUT2D eigenvalue weighted by Gasteiger charge is -2.12. The Morgan fingerprint density at radius 3 is 2.32 bits per heavy atom. The van der Waals surface area contributed by atoms with Crippen LogP contribution in [0.1, 0.15) is 30.4 Å². The minimum absolute atomic E-state index is 0.508. The molecule has 0 aromatic heterocycles. The molecule has 0 fully saturated rings. The van der Waals surface area contributed by atoms with Crippen molar-refractivity contribution in [1.82, 2.24) is 0 Å². The summed E-state index contributed by atoms with van der Waals surface area (Å²) in [5.74, 6) is 1.42. The van der Waals surface area contributed by atoms with Crippen LogP contribution >= 0.6 is 0 Å². The molecule has 2 heteroatoms. The normalized spacial score (nSPS) is 12.1. The molecular formula is C17H21NO. The monoisotopic (exact) mass is 255 g/mol. The minimum Gasteiger partial charge on any atom is -0.489 e. The minimum atomic E-state index is 0.508. The summed E-state index contributed by atoms with van der Waals surface area (Å²) >= 11 is 0. The van der Waals surface area contributed by atoms with Crippen LogP contribution in [-0.4, -0.2) is 6.54 Å². The maximum atomic E-state index is 5.76. The quantitative estimate of drug-likeness (QED) is 0.854. The van der Waals surface area contributed by atoms with E-state index in [2.05, 4.69) is 31.2 Å². The third kappa shape index (κ3) is 4.11. The van der Waals surface area contributed by atoms with Crippen LogP contribution in [0.5, 0.6) is 5.75 Å². The number of hydrogen-bond donors (Lipinski definition) is 1. The van der Waals surface area contributed by atoms with Crippen LogP contribution < -0.4 is 10.5 Å². The molecule has 2 aromatic carbocycles. The maximum absolute atomic E-state index is 5.76. The zero-order valence-electron chi connectivity index (χ0n) is 11.4. The van der Waals surface area contributed by atoms with Crippen LogP contribution in [0.4, 0.5) is 0 Å². The second-order valence-corrected chi connectivity index (χ2v) is 4.82. The Hall–Kier alpha value is -1.80. The summed E-state index contributed by atoms with van der Waals surface area (Å²) in [6, 6.07) is 18.5. The van der Waals surface area contributed by atoms with Gasteiger partial charge in [0.25, 0.3) is 0 Å². The van der Waals surface area contributed by atoms with Gasteiger partial charge in [-0.25, -0.2) is 0 Å². The van der Waals surface area contributed by atoms with Gasteiger partial charge in [-0.3, -0.25) is 0 Å². The van der Waals surface area contributed by atoms with Gasteiger partial charge in [0.15, 0.2) is 0 Å². The molecule has 2 nitrogen and oxygen atoms in total. The molecular weight excluding hydrogens is 234 g/mol. The third-order valence-corrected chi connectivity index (χ3v) is 3.30. The van der Waals surface area contributed by atoms with Crippen LogP contribution in [0.3, 0.4) is 0 Å². The van der Waals surface area contributed by atoms with Crippen molar-refractivity contribution in [2.75, 3.05) is 6.54 Å². The van der Waals surface area contributed by atoms with Crippen molar-refractivity contribution in [1.29, 1.82) is 0 Å². The molecule has 0 spiro atoms. The summed E-state index contributed by atoms with van der Waals surface area (Å²) in [5, 5.41) is 0. The van der Waals surface area contributed by atoms with Crippen LogP contribution in [0.2, 0.25) is 0 Å². The zero-order valence-corrected chi connectivity index (χ0v) is 11.4. The molecule has 0 aliphatic rings. The molecule has 100 valence electrons. The van der Waals surface area contributed by atoms with Crippen molar-refractivity contribution in [3.8, 4) is 5.75 Å². The summed E-state index contributed by atoms with van der Waals surface area (Å²) in [4.78, 5) is 0. The summed E-state index contributed by atoms with van der Waals surface area (Å²) < 4.78 is 5.76. The SMILES string of the molecule is CC(CCN)c1ccc(OCc2ccccc2)cc1. The van der Waals surface area contributed by atoms with Gasteiger partial charge in [-0.1, -0.05) is 49.4 Å². The number of rotatable bonds is 6. The van der Waals surface area contributed by atoms with Crippen molar-refractivity contribution in [2.45, 2.75) is 25.9 Å². The highest BCUT2D eigenvalue weighted by atomic mass is 16.5. The van der Waals surface area contributed by atoms with E-state index in [4.69, 9.17) is 10.5 Å². The summed E-state index contributed by atoms with van der Waals surface area (Å²) in [5.41, 5.74) is 8.08. The van der Waals surface area contributed by atoms with E-state index in [9.17, 15) is 0 Å². The molecule has 0 radical (unpaired) electrons. The Bertz CT molecular complexity index is 478. The molecule has 0 saturated heterocycles. The van der Waals surface area contributed by atoms with Crippen LogP contribution in [-0.2, 0) is 6.61 Å². The van der Waals surface area contributed by atoms with E-state index in [-0.39, 0.29) is 0 Å². The van der Waals surface area contributed by atoms with Gasteiger partial charge in [0.2, 0.25) is 0 Å². The van der Waals surface area contributed by atoms with Crippen LogP contribution in [0.15, 0.2) is 54.6 Å². The first-order chi connectivity index (χ1) is 9.29. The van der Waals surface area contributed by atoms with E-state index in [0.29, 0.717) is 12.5 Å². The maximum Gasteiger partial charge on any atom is 0.119 e. The van der Waals surface area contributed by atoms with E-state index in [1.165, 1.54) is 11.1 Å². The lowest BCUT2D eigenvalue weighted by atomic mass is 9.98. The number of nitrogens with two attached hydrogens (primary N) is 1. The smallest absolute Gasteiger partial charge is 0.119 e. The molecule has 2 aromatic rings. The van der Waals surface area contributed by atoms with Gasteiger partial charge in [0, 0.05) is 0 Å². The van der Waals surface area contributed by atoms with Crippen LogP contribution in [0, 0.1) is 0 Å². The van der Waals surface area contributed by atoms with Gasteiger partial charge in [-0.15, -0.1) is 0 Å². The van der Waals surface area contributed by atoms with Crippen molar-refractivity contribution in [3.63, 3.8) is 0 Å². The molecule has 1 unspecified atom stereocenters. The molecule has 0 aliphatic heterocycles. The van der Waals surface area contributed by atoms with Crippen molar-refractivity contribution in [2.24, 2.45) is 5.73 Å². The van der Waals surface area contributed by atoms with E-state index in [1.807, 2.05) is 30.3 Å². The average molecular weight is 255 g/mol. The van der Waals surface area contributed by atoms with Gasteiger partial charge in [0.1, 0.15) is 12.4 Å². The highest BCUT2D eigenvalue weighted by Crippen LogP contribution is 2.21. The van der Waals surface area contributed by atoms with Gasteiger partial charge in [-0.05, 0) is 42.1 Å². The van der Waals surface area contributed by atoms with E-state index >= 15 is 0 Å². The second kappa shape index (κ2) is 6.95. The third-order valence-electron chi connectivity index (χ3n) is 3.30. The molecule has 0 amide bonds. The molecule has 2 N–H and O–H groups in total. The lowest BCUT2D eigenvalue weighted by molar-refractivity contribution is 0.306. The second-order valence-electron chi connectivity index (χ2n) is 4.82. The predicted octanol–water partition coefficient (Wildman–Crippen LogP) is 3.72. The summed E-state index contributed by atoms with van der Waals surface area (Å²) in [6.45, 7) is 3.54. The Morgan fingerprint density at radius 1 is 1.00 bits per heavy atom. The van der Waals surface area contributed by atoms with E-state index in [0.717, 1.165) is 18.7 Å². The van der Waals surface area contributed by atoms with Gasteiger partial charge < -0.3 is 10.5 Å². The number of benzene rings is 2. The number of hydrogen-bond acceptors (Lipinski definition) is 2. The van der Waals surface area contributed by atoms with Crippen molar-refractivity contribution < 1.29 is 4.74 Å². The highest BCUT2D eigenvalue weighted by molar-refractivity contribution is 5.29. The zero-order chi connectivity index (χ0) is 13.5. The van der Waals surface area contributed by atoms with Gasteiger partial charge in [-0.2, -0.15) is 0 Å². The van der Waals surface area contributed by atoms with Gasteiger partial charge in [0.05, 0.1) is 0 Å². The molecule has 0 aliphatic carbocycles. The molecule has 1 atom stereocenters. The molecule has 2 rings (SSSR count). The van der Waals surface area contributed by atoms with Crippen molar-refractivity contribution in [3.05, 3.63) is 65.7 Å². The molecule has 0 bridgehead atoms. The van der Waals surface area contributed by atoms with Crippen LogP contribution in [0.25, 0.3) is 0 Å². The first-order valence-corrected chi connectivity index (χ1v) is 6.76. The topological polar surface area (TPSA) is 35.2 Å². The lowest BCUT2D eigenvalue weighted by Crippen LogP contribution is -2.04. The van der Waals surface area contributed by atoms with E-state index in [1.54, 1.807) is 0 Å². The Balaban J connectivity index is 1.92. The number of ether oxygens (including phenoxy) is 1. The fourth-order valence-corrected chi connectivity index (χ4v) is 2.05. The van der Waals surface area contributed by atoms with Crippen molar-refractivity contribution >= 4 is 0 Å². The van der Waals surface area contributed by atoms with E-state index < -0.39 is 0 Å². The highest BCUT2D eigenvalue weighted by Gasteiger charge is 2.04. The molecule has 19 heavy (non-hydrogen) atoms. The summed E-state index contributed by atoms with van der Waals surface area (Å²) in [6.07, 6.45) is 1.02. The fourth-order valence-electron chi connectivity index (χ4n) is 2.05. The molecule has 0 saturated carbocycles. The largest absolute Gasteiger partial charge is 0.489 e. The Morgan fingerprint density at radius 2 is 1.68 bits per heavy atom. The molecule has 0 heterocycles. The average Bonchev–Trinajstić information content (AvgIpc) is 2.47. The van der Waals surface area contributed by atoms with Gasteiger partial charge >= 0.3 is 0 Å². The Labute approximate surface area is 115 Å².